The Labute approximate surface area is 172 Å². The quantitative estimate of drug-likeness (QED) is 0.336. The number of hydrogen-bond acceptors (Lipinski definition) is 2. The van der Waals surface area contributed by atoms with E-state index in [1.165, 1.54) is 0 Å². The lowest BCUT2D eigenvalue weighted by Crippen LogP contribution is -2.16. The standard InChI is InChI=1S/C22H24F6N2/c1-19(2,3)13-7-14(20(4,5)6)10-17(9-13)29-30-18-11-15(21(23,24)25)8-16(12-18)22(26,27)28/h7-12H,1-6H3. The Balaban J connectivity index is 2.58. The van der Waals surface area contributed by atoms with Crippen LogP contribution in [0.1, 0.15) is 63.8 Å². The Kier molecular flexibility index (Phi) is 6.14. The molecule has 0 amide bonds. The van der Waals surface area contributed by atoms with E-state index in [0.29, 0.717) is 17.8 Å². The first-order valence-electron chi connectivity index (χ1n) is 9.25. The highest BCUT2D eigenvalue weighted by Gasteiger charge is 2.37. The van der Waals surface area contributed by atoms with Gasteiger partial charge in [-0.1, -0.05) is 47.6 Å². The molecule has 0 saturated heterocycles. The molecule has 0 aromatic heterocycles. The lowest BCUT2D eigenvalue weighted by molar-refractivity contribution is -0.143. The normalized spacial score (nSPS) is 13.9. The molecule has 164 valence electrons. The Hall–Kier alpha value is -2.38. The van der Waals surface area contributed by atoms with Gasteiger partial charge in [0, 0.05) is 0 Å². The van der Waals surface area contributed by atoms with E-state index in [1.54, 1.807) is 12.1 Å². The second-order valence-electron chi connectivity index (χ2n) is 9.23. The monoisotopic (exact) mass is 430 g/mol. The fraction of sp³-hybridized carbons (Fsp3) is 0.455. The van der Waals surface area contributed by atoms with Gasteiger partial charge in [0.15, 0.2) is 0 Å². The van der Waals surface area contributed by atoms with Gasteiger partial charge < -0.3 is 0 Å². The first-order chi connectivity index (χ1) is 13.4. The van der Waals surface area contributed by atoms with Gasteiger partial charge in [0.05, 0.1) is 22.5 Å². The molecule has 8 heteroatoms. The lowest BCUT2D eigenvalue weighted by atomic mass is 9.80. The first kappa shape index (κ1) is 23.9. The largest absolute Gasteiger partial charge is 0.416 e. The molecule has 2 aromatic rings. The van der Waals surface area contributed by atoms with Gasteiger partial charge in [0.1, 0.15) is 0 Å². The van der Waals surface area contributed by atoms with Crippen LogP contribution in [0, 0.1) is 0 Å². The van der Waals surface area contributed by atoms with Crippen molar-refractivity contribution < 1.29 is 26.3 Å². The average molecular weight is 430 g/mol. The maximum Gasteiger partial charge on any atom is 0.416 e. The SMILES string of the molecule is CC(C)(C)c1cc(N=Nc2cc(C(F)(F)F)cc(C(F)(F)F)c2)cc(C(C)(C)C)c1. The highest BCUT2D eigenvalue weighted by atomic mass is 19.4. The Bertz CT molecular complexity index is 800. The van der Waals surface area contributed by atoms with E-state index in [4.69, 9.17) is 0 Å². The molecule has 2 aromatic carbocycles. The maximum atomic E-state index is 13.0. The summed E-state index contributed by atoms with van der Waals surface area (Å²) in [5.74, 6) is 0. The van der Waals surface area contributed by atoms with Crippen LogP contribution >= 0.6 is 0 Å². The molecule has 0 aliphatic carbocycles. The number of benzene rings is 2. The molecular weight excluding hydrogens is 406 g/mol. The lowest BCUT2D eigenvalue weighted by Gasteiger charge is -2.25. The van der Waals surface area contributed by atoms with Crippen molar-refractivity contribution in [3.63, 3.8) is 0 Å². The zero-order valence-electron chi connectivity index (χ0n) is 17.6. The fourth-order valence-corrected chi connectivity index (χ4v) is 2.65. The molecular formula is C22H24F6N2. The number of alkyl halides is 6. The van der Waals surface area contributed by atoms with Gasteiger partial charge >= 0.3 is 12.4 Å². The summed E-state index contributed by atoms with van der Waals surface area (Å²) in [6, 6.07) is 6.66. The average Bonchev–Trinajstić information content (AvgIpc) is 2.56. The molecule has 0 bridgehead atoms. The number of nitrogens with zero attached hydrogens (tertiary/aromatic N) is 2. The summed E-state index contributed by atoms with van der Waals surface area (Å²) < 4.78 is 78.2. The minimum atomic E-state index is -4.93. The van der Waals surface area contributed by atoms with Crippen molar-refractivity contribution in [1.82, 2.24) is 0 Å². The summed E-state index contributed by atoms with van der Waals surface area (Å²) in [5.41, 5.74) is -1.60. The van der Waals surface area contributed by atoms with Crippen LogP contribution in [0.3, 0.4) is 0 Å². The van der Waals surface area contributed by atoms with E-state index in [9.17, 15) is 26.3 Å². The number of rotatable bonds is 2. The molecule has 2 nitrogen and oxygen atoms in total. The topological polar surface area (TPSA) is 24.7 Å². The Morgan fingerprint density at radius 1 is 0.467 bits per heavy atom. The molecule has 0 N–H and O–H groups in total. The summed E-state index contributed by atoms with van der Waals surface area (Å²) >= 11 is 0. The van der Waals surface area contributed by atoms with E-state index >= 15 is 0 Å². The van der Waals surface area contributed by atoms with Crippen LogP contribution < -0.4 is 0 Å². The predicted molar refractivity (Wildman–Crippen MR) is 104 cm³/mol. The molecule has 2 rings (SSSR count). The van der Waals surface area contributed by atoms with Crippen LogP contribution in [-0.2, 0) is 23.2 Å². The fourth-order valence-electron chi connectivity index (χ4n) is 2.65. The third kappa shape index (κ3) is 6.06. The van der Waals surface area contributed by atoms with Crippen molar-refractivity contribution in [3.05, 3.63) is 58.7 Å². The minimum absolute atomic E-state index is 0.0664. The van der Waals surface area contributed by atoms with E-state index in [2.05, 4.69) is 10.2 Å². The summed E-state index contributed by atoms with van der Waals surface area (Å²) in [7, 11) is 0. The maximum absolute atomic E-state index is 13.0. The molecule has 0 atom stereocenters. The minimum Gasteiger partial charge on any atom is -0.166 e. The van der Waals surface area contributed by atoms with Gasteiger partial charge in [-0.2, -0.15) is 36.6 Å². The molecule has 0 aliphatic heterocycles. The van der Waals surface area contributed by atoms with Crippen LogP contribution in [0.2, 0.25) is 0 Å². The van der Waals surface area contributed by atoms with Gasteiger partial charge in [0.25, 0.3) is 0 Å². The van der Waals surface area contributed by atoms with Crippen molar-refractivity contribution >= 4 is 11.4 Å². The third-order valence-corrected chi connectivity index (χ3v) is 4.50. The van der Waals surface area contributed by atoms with E-state index in [-0.39, 0.29) is 16.9 Å². The number of hydrogen-bond donors (Lipinski definition) is 0. The molecule has 0 aliphatic rings. The first-order valence-corrected chi connectivity index (χ1v) is 9.25. The molecule has 0 saturated carbocycles. The van der Waals surface area contributed by atoms with Crippen molar-refractivity contribution in [2.45, 2.75) is 64.7 Å². The molecule has 0 spiro atoms. The molecule has 0 radical (unpaired) electrons. The van der Waals surface area contributed by atoms with Gasteiger partial charge in [0.2, 0.25) is 0 Å². The van der Waals surface area contributed by atoms with E-state index in [1.807, 2.05) is 47.6 Å². The molecule has 30 heavy (non-hydrogen) atoms. The van der Waals surface area contributed by atoms with Gasteiger partial charge in [-0.25, -0.2) is 0 Å². The predicted octanol–water partition coefficient (Wildman–Crippen LogP) is 8.73. The van der Waals surface area contributed by atoms with Crippen LogP contribution in [0.25, 0.3) is 0 Å². The summed E-state index contributed by atoms with van der Waals surface area (Å²) in [6.07, 6.45) is -9.87. The van der Waals surface area contributed by atoms with Crippen LogP contribution in [0.5, 0.6) is 0 Å². The zero-order valence-corrected chi connectivity index (χ0v) is 17.6. The van der Waals surface area contributed by atoms with Crippen molar-refractivity contribution in [3.8, 4) is 0 Å². The number of azo groups is 1. The van der Waals surface area contributed by atoms with Crippen LogP contribution in [0.15, 0.2) is 46.6 Å². The van der Waals surface area contributed by atoms with Crippen molar-refractivity contribution in [2.24, 2.45) is 10.2 Å². The second-order valence-corrected chi connectivity index (χ2v) is 9.23. The van der Waals surface area contributed by atoms with Gasteiger partial charge in [-0.3, -0.25) is 0 Å². The van der Waals surface area contributed by atoms with Crippen molar-refractivity contribution in [1.29, 1.82) is 0 Å². The van der Waals surface area contributed by atoms with Crippen molar-refractivity contribution in [2.75, 3.05) is 0 Å². The van der Waals surface area contributed by atoms with Gasteiger partial charge in [-0.05, 0) is 52.3 Å². The summed E-state index contributed by atoms with van der Waals surface area (Å²) in [5, 5.41) is 7.66. The smallest absolute Gasteiger partial charge is 0.166 e. The van der Waals surface area contributed by atoms with Crippen LogP contribution in [-0.4, -0.2) is 0 Å². The molecule has 0 fully saturated rings. The molecule has 0 unspecified atom stereocenters. The second kappa shape index (κ2) is 7.71. The highest BCUT2D eigenvalue weighted by molar-refractivity contribution is 5.50. The number of halogens is 6. The third-order valence-electron chi connectivity index (χ3n) is 4.50. The summed E-state index contributed by atoms with van der Waals surface area (Å²) in [4.78, 5) is 0. The highest BCUT2D eigenvalue weighted by Crippen LogP contribution is 2.39. The van der Waals surface area contributed by atoms with Gasteiger partial charge in [-0.15, -0.1) is 0 Å². The zero-order chi connectivity index (χ0) is 23.1. The molecule has 0 heterocycles. The van der Waals surface area contributed by atoms with Crippen LogP contribution in [0.4, 0.5) is 37.7 Å². The summed E-state index contributed by atoms with van der Waals surface area (Å²) in [6.45, 7) is 12.0. The van der Waals surface area contributed by atoms with E-state index in [0.717, 1.165) is 11.1 Å². The Morgan fingerprint density at radius 2 is 0.733 bits per heavy atom. The van der Waals surface area contributed by atoms with E-state index < -0.39 is 29.2 Å². The Morgan fingerprint density at radius 3 is 1.00 bits per heavy atom.